The Morgan fingerprint density at radius 1 is 1.19 bits per heavy atom. The molecule has 1 atom stereocenters. The van der Waals surface area contributed by atoms with Crippen LogP contribution in [0.1, 0.15) is 17.2 Å². The number of rotatable bonds is 2. The quantitative estimate of drug-likeness (QED) is 0.832. The van der Waals surface area contributed by atoms with E-state index in [0.29, 0.717) is 5.56 Å². The van der Waals surface area contributed by atoms with Crippen molar-refractivity contribution in [2.45, 2.75) is 12.2 Å². The summed E-state index contributed by atoms with van der Waals surface area (Å²) in [6.07, 6.45) is -4.47. The molecular weight excluding hydrogens is 373 g/mol. The van der Waals surface area contributed by atoms with Gasteiger partial charge in [-0.3, -0.25) is 9.59 Å². The van der Waals surface area contributed by atoms with E-state index in [2.05, 4.69) is 10.6 Å². The number of alkyl halides is 3. The topological polar surface area (TPSA) is 67.4 Å². The summed E-state index contributed by atoms with van der Waals surface area (Å²) in [5.74, 6) is -0.947. The summed E-state index contributed by atoms with van der Waals surface area (Å²) >= 11 is 6.05. The molecule has 5 nitrogen and oxygen atoms in total. The highest BCUT2D eigenvalue weighted by Crippen LogP contribution is 2.35. The van der Waals surface area contributed by atoms with Crippen molar-refractivity contribution in [3.8, 4) is 5.75 Å². The third kappa shape index (κ3) is 3.75. The van der Waals surface area contributed by atoms with Gasteiger partial charge in [0.05, 0.1) is 10.6 Å². The number of amides is 2. The van der Waals surface area contributed by atoms with Crippen LogP contribution in [0.15, 0.2) is 42.5 Å². The van der Waals surface area contributed by atoms with Crippen LogP contribution in [-0.2, 0) is 15.8 Å². The number of halogens is 4. The maximum atomic E-state index is 12.6. The molecule has 0 bridgehead atoms. The van der Waals surface area contributed by atoms with Crippen LogP contribution in [0.25, 0.3) is 0 Å². The van der Waals surface area contributed by atoms with Crippen molar-refractivity contribution in [2.24, 2.45) is 0 Å². The predicted molar refractivity (Wildman–Crippen MR) is 87.9 cm³/mol. The molecule has 2 aromatic carbocycles. The molecule has 1 heterocycles. The summed E-state index contributed by atoms with van der Waals surface area (Å²) in [5.41, 5.74) is -0.317. The maximum absolute atomic E-state index is 12.6. The molecule has 1 unspecified atom stereocenters. The van der Waals surface area contributed by atoms with Gasteiger partial charge in [-0.25, -0.2) is 0 Å². The number of carbonyl (C=O) groups is 2. The molecule has 1 aliphatic rings. The Hall–Kier alpha value is -2.74. The van der Waals surface area contributed by atoms with Crippen molar-refractivity contribution in [3.05, 3.63) is 58.6 Å². The highest BCUT2D eigenvalue weighted by Gasteiger charge is 2.32. The van der Waals surface area contributed by atoms with E-state index < -0.39 is 29.6 Å². The Kier molecular flexibility index (Phi) is 4.78. The molecule has 0 aromatic heterocycles. The largest absolute Gasteiger partial charge is 0.482 e. The molecule has 26 heavy (non-hydrogen) atoms. The number of hydrogen-bond donors (Lipinski definition) is 2. The van der Waals surface area contributed by atoms with Gasteiger partial charge in [-0.15, -0.1) is 0 Å². The van der Waals surface area contributed by atoms with E-state index >= 15 is 0 Å². The molecular formula is C17H12ClF3N2O3. The highest BCUT2D eigenvalue weighted by molar-refractivity contribution is 6.32. The average molecular weight is 385 g/mol. The number of benzene rings is 2. The summed E-state index contributed by atoms with van der Waals surface area (Å²) in [5, 5.41) is 5.22. The fourth-order valence-electron chi connectivity index (χ4n) is 2.49. The van der Waals surface area contributed by atoms with Crippen molar-refractivity contribution in [1.82, 2.24) is 5.32 Å². The first kappa shape index (κ1) is 18.1. The van der Waals surface area contributed by atoms with Crippen molar-refractivity contribution < 1.29 is 27.5 Å². The Bertz CT molecular complexity index is 853. The highest BCUT2D eigenvalue weighted by atomic mass is 35.5. The Morgan fingerprint density at radius 3 is 2.54 bits per heavy atom. The molecule has 0 fully saturated rings. The molecule has 0 radical (unpaired) electrons. The third-order valence-electron chi connectivity index (χ3n) is 3.70. The van der Waals surface area contributed by atoms with Crippen LogP contribution in [-0.4, -0.2) is 18.4 Å². The van der Waals surface area contributed by atoms with Crippen LogP contribution in [0.2, 0.25) is 5.02 Å². The van der Waals surface area contributed by atoms with Crippen LogP contribution in [0.5, 0.6) is 5.75 Å². The van der Waals surface area contributed by atoms with Crippen molar-refractivity contribution in [1.29, 1.82) is 0 Å². The van der Waals surface area contributed by atoms with E-state index in [-0.39, 0.29) is 23.1 Å². The number of nitrogens with one attached hydrogen (secondary N) is 2. The number of fused-ring (bicyclic) bond motifs is 1. The lowest BCUT2D eigenvalue weighted by Crippen LogP contribution is -2.37. The number of ether oxygens (including phenoxy) is 1. The second-order valence-corrected chi connectivity index (χ2v) is 5.92. The monoisotopic (exact) mass is 384 g/mol. The summed E-state index contributed by atoms with van der Waals surface area (Å²) in [6, 6.07) is 7.61. The van der Waals surface area contributed by atoms with Crippen LogP contribution in [0, 0.1) is 0 Å². The van der Waals surface area contributed by atoms with Gasteiger partial charge >= 0.3 is 6.18 Å². The lowest BCUT2D eigenvalue weighted by atomic mass is 10.0. The fourth-order valence-corrected chi connectivity index (χ4v) is 2.72. The van der Waals surface area contributed by atoms with Gasteiger partial charge < -0.3 is 15.4 Å². The third-order valence-corrected chi connectivity index (χ3v) is 4.00. The zero-order chi connectivity index (χ0) is 18.9. The molecule has 0 saturated heterocycles. The molecule has 3 rings (SSSR count). The van der Waals surface area contributed by atoms with E-state index in [4.69, 9.17) is 16.3 Å². The van der Waals surface area contributed by atoms with Crippen LogP contribution in [0.4, 0.5) is 18.9 Å². The maximum Gasteiger partial charge on any atom is 0.416 e. The van der Waals surface area contributed by atoms with Gasteiger partial charge in [0.2, 0.25) is 0 Å². The van der Waals surface area contributed by atoms with Crippen LogP contribution in [0.3, 0.4) is 0 Å². The van der Waals surface area contributed by atoms with E-state index in [9.17, 15) is 22.8 Å². The number of para-hydroxylation sites is 1. The minimum absolute atomic E-state index is 0.158. The van der Waals surface area contributed by atoms with E-state index in [1.165, 1.54) is 0 Å². The van der Waals surface area contributed by atoms with Gasteiger partial charge in [0, 0.05) is 11.3 Å². The molecule has 2 amide bonds. The van der Waals surface area contributed by atoms with Crippen LogP contribution >= 0.6 is 11.6 Å². The number of hydrogen-bond acceptors (Lipinski definition) is 3. The Morgan fingerprint density at radius 2 is 1.88 bits per heavy atom. The van der Waals surface area contributed by atoms with Crippen molar-refractivity contribution in [3.63, 3.8) is 0 Å². The van der Waals surface area contributed by atoms with Gasteiger partial charge in [0.15, 0.2) is 6.61 Å². The second-order valence-electron chi connectivity index (χ2n) is 5.51. The smallest absolute Gasteiger partial charge is 0.416 e. The zero-order valence-electron chi connectivity index (χ0n) is 13.1. The molecule has 2 aromatic rings. The van der Waals surface area contributed by atoms with E-state index in [1.807, 2.05) is 0 Å². The predicted octanol–water partition coefficient (Wildman–Crippen LogP) is 3.55. The Balaban J connectivity index is 1.85. The average Bonchev–Trinajstić information content (AvgIpc) is 2.75. The van der Waals surface area contributed by atoms with E-state index in [1.54, 1.807) is 18.2 Å². The first-order chi connectivity index (χ1) is 12.3. The minimum Gasteiger partial charge on any atom is -0.482 e. The van der Waals surface area contributed by atoms with Gasteiger partial charge in [-0.2, -0.15) is 13.2 Å². The number of carbonyl (C=O) groups excluding carboxylic acids is 2. The molecule has 0 aliphatic carbocycles. The van der Waals surface area contributed by atoms with Crippen molar-refractivity contribution >= 4 is 29.1 Å². The van der Waals surface area contributed by atoms with Crippen LogP contribution < -0.4 is 15.4 Å². The lowest BCUT2D eigenvalue weighted by Gasteiger charge is -2.18. The summed E-state index contributed by atoms with van der Waals surface area (Å²) < 4.78 is 43.1. The zero-order valence-corrected chi connectivity index (χ0v) is 13.8. The molecule has 0 saturated carbocycles. The fraction of sp³-hybridized carbons (Fsp3) is 0.176. The summed E-state index contributed by atoms with van der Waals surface area (Å²) in [4.78, 5) is 24.4. The Labute approximate surface area is 151 Å². The molecule has 0 spiro atoms. The van der Waals surface area contributed by atoms with Gasteiger partial charge in [0.25, 0.3) is 11.8 Å². The first-order valence-corrected chi connectivity index (χ1v) is 7.82. The molecule has 2 N–H and O–H groups in total. The molecule has 136 valence electrons. The van der Waals surface area contributed by atoms with Gasteiger partial charge in [-0.05, 0) is 30.3 Å². The molecule has 1 aliphatic heterocycles. The second kappa shape index (κ2) is 6.87. The van der Waals surface area contributed by atoms with Gasteiger partial charge in [-0.1, -0.05) is 23.7 Å². The SMILES string of the molecule is O=C1COc2c(Cl)cccc2C(C(=O)Nc2ccc(C(F)(F)F)cc2)N1. The van der Waals surface area contributed by atoms with E-state index in [0.717, 1.165) is 24.3 Å². The minimum atomic E-state index is -4.47. The first-order valence-electron chi connectivity index (χ1n) is 7.44. The standard InChI is InChI=1S/C17H12ClF3N2O3/c18-12-3-1-2-11-14(23-13(24)8-26-15(11)12)16(25)22-10-6-4-9(5-7-10)17(19,20)21/h1-7,14H,8H2,(H,22,25)(H,23,24). The molecule has 9 heteroatoms. The summed E-state index contributed by atoms with van der Waals surface area (Å²) in [6.45, 7) is -0.305. The summed E-state index contributed by atoms with van der Waals surface area (Å²) in [7, 11) is 0. The normalized spacial score (nSPS) is 16.8. The van der Waals surface area contributed by atoms with Crippen molar-refractivity contribution in [2.75, 3.05) is 11.9 Å². The number of anilines is 1. The lowest BCUT2D eigenvalue weighted by molar-refractivity contribution is -0.137. The van der Waals surface area contributed by atoms with Gasteiger partial charge in [0.1, 0.15) is 11.8 Å².